The first-order valence-corrected chi connectivity index (χ1v) is 10.2. The van der Waals surface area contributed by atoms with Gasteiger partial charge < -0.3 is 10.1 Å². The van der Waals surface area contributed by atoms with Crippen LogP contribution in [0.4, 0.5) is 4.79 Å². The maximum absolute atomic E-state index is 12.1. The number of hydrogen-bond donors (Lipinski definition) is 1. The maximum Gasteiger partial charge on any atom is 0.407 e. The molecule has 0 radical (unpaired) electrons. The summed E-state index contributed by atoms with van der Waals surface area (Å²) in [5, 5.41) is 2.78. The average molecular weight is 404 g/mol. The van der Waals surface area contributed by atoms with Crippen molar-refractivity contribution in [1.82, 2.24) is 5.32 Å². The van der Waals surface area contributed by atoms with E-state index in [-0.39, 0.29) is 5.92 Å². The summed E-state index contributed by atoms with van der Waals surface area (Å²) in [6.07, 6.45) is 3.45. The molecular formula is C25H22ClNO2. The van der Waals surface area contributed by atoms with E-state index in [4.69, 9.17) is 16.3 Å². The molecule has 0 fully saturated rings. The summed E-state index contributed by atoms with van der Waals surface area (Å²) in [5.41, 5.74) is 7.01. The molecule has 0 saturated heterocycles. The molecule has 3 aromatic carbocycles. The fraction of sp³-hybridized carbons (Fsp3) is 0.160. The molecule has 4 rings (SSSR count). The van der Waals surface area contributed by atoms with E-state index in [1.54, 1.807) is 0 Å². The minimum atomic E-state index is -0.408. The largest absolute Gasteiger partial charge is 0.449 e. The number of benzene rings is 3. The second-order valence-corrected chi connectivity index (χ2v) is 7.25. The van der Waals surface area contributed by atoms with E-state index in [1.165, 1.54) is 22.3 Å². The van der Waals surface area contributed by atoms with Crippen LogP contribution in [0.1, 0.15) is 28.2 Å². The van der Waals surface area contributed by atoms with Gasteiger partial charge in [-0.05, 0) is 33.4 Å². The molecule has 0 saturated carbocycles. The monoisotopic (exact) mass is 403 g/mol. The summed E-state index contributed by atoms with van der Waals surface area (Å²) < 4.78 is 5.52. The first kappa shape index (κ1) is 19.3. The standard InChI is InChI=1S/C25H22ClNO2/c26-16-19-13-11-18(12-14-19)6-5-15-27-25(28)29-17-24-22-9-3-1-7-20(22)21-8-2-4-10-23(21)24/h1-14,24H,15-17H2,(H,27,28). The highest BCUT2D eigenvalue weighted by atomic mass is 35.5. The van der Waals surface area contributed by atoms with E-state index in [9.17, 15) is 4.79 Å². The van der Waals surface area contributed by atoms with Crippen molar-refractivity contribution in [3.05, 3.63) is 101 Å². The molecule has 0 unspecified atom stereocenters. The molecule has 1 amide bonds. The van der Waals surface area contributed by atoms with Gasteiger partial charge in [-0.3, -0.25) is 0 Å². The van der Waals surface area contributed by atoms with Crippen molar-refractivity contribution in [2.75, 3.05) is 13.2 Å². The van der Waals surface area contributed by atoms with E-state index in [0.29, 0.717) is 19.0 Å². The third-order valence-corrected chi connectivity index (χ3v) is 5.46. The minimum absolute atomic E-state index is 0.0733. The Morgan fingerprint density at radius 1 is 0.931 bits per heavy atom. The van der Waals surface area contributed by atoms with Crippen molar-refractivity contribution in [2.24, 2.45) is 0 Å². The summed E-state index contributed by atoms with van der Waals surface area (Å²) >= 11 is 5.79. The highest BCUT2D eigenvalue weighted by molar-refractivity contribution is 6.17. The van der Waals surface area contributed by atoms with Gasteiger partial charge in [-0.1, -0.05) is 84.9 Å². The number of carbonyl (C=O) groups is 1. The van der Waals surface area contributed by atoms with Crippen molar-refractivity contribution < 1.29 is 9.53 Å². The van der Waals surface area contributed by atoms with E-state index in [1.807, 2.05) is 60.7 Å². The Balaban J connectivity index is 1.31. The lowest BCUT2D eigenvalue weighted by Crippen LogP contribution is -2.26. The zero-order chi connectivity index (χ0) is 20.1. The van der Waals surface area contributed by atoms with E-state index in [0.717, 1.165) is 11.1 Å². The molecule has 3 nitrogen and oxygen atoms in total. The van der Waals surface area contributed by atoms with Gasteiger partial charge in [0.15, 0.2) is 0 Å². The molecule has 0 spiro atoms. The fourth-order valence-electron chi connectivity index (χ4n) is 3.70. The van der Waals surface area contributed by atoms with E-state index in [2.05, 4.69) is 29.6 Å². The Labute approximate surface area is 176 Å². The molecule has 146 valence electrons. The zero-order valence-corrected chi connectivity index (χ0v) is 16.7. The number of nitrogens with one attached hydrogen (secondary N) is 1. The summed E-state index contributed by atoms with van der Waals surface area (Å²) in [6.45, 7) is 0.734. The first-order valence-electron chi connectivity index (χ1n) is 9.66. The molecule has 1 N–H and O–H groups in total. The van der Waals surface area contributed by atoms with Gasteiger partial charge in [0.05, 0.1) is 0 Å². The Kier molecular flexibility index (Phi) is 5.97. The number of amides is 1. The lowest BCUT2D eigenvalue weighted by atomic mass is 9.98. The van der Waals surface area contributed by atoms with Crippen molar-refractivity contribution in [2.45, 2.75) is 11.8 Å². The third kappa shape index (κ3) is 4.36. The molecule has 0 aliphatic heterocycles. The normalized spacial score (nSPS) is 12.6. The number of halogens is 1. The predicted molar refractivity (Wildman–Crippen MR) is 118 cm³/mol. The quantitative estimate of drug-likeness (QED) is 0.514. The molecule has 3 aromatic rings. The summed E-state index contributed by atoms with van der Waals surface area (Å²) in [6, 6.07) is 24.6. The summed E-state index contributed by atoms with van der Waals surface area (Å²) in [4.78, 5) is 12.1. The van der Waals surface area contributed by atoms with Crippen LogP contribution in [0.25, 0.3) is 17.2 Å². The molecule has 1 aliphatic carbocycles. The van der Waals surface area contributed by atoms with Crippen LogP contribution in [0.15, 0.2) is 78.9 Å². The Morgan fingerprint density at radius 2 is 1.55 bits per heavy atom. The predicted octanol–water partition coefficient (Wildman–Crippen LogP) is 5.98. The fourth-order valence-corrected chi connectivity index (χ4v) is 3.88. The Hall–Kier alpha value is -3.04. The molecule has 0 atom stereocenters. The number of hydrogen-bond acceptors (Lipinski definition) is 2. The minimum Gasteiger partial charge on any atom is -0.449 e. The highest BCUT2D eigenvalue weighted by Gasteiger charge is 2.28. The van der Waals surface area contributed by atoms with Gasteiger partial charge >= 0.3 is 6.09 Å². The smallest absolute Gasteiger partial charge is 0.407 e. The Morgan fingerprint density at radius 3 is 2.17 bits per heavy atom. The number of carbonyl (C=O) groups excluding carboxylic acids is 1. The number of ether oxygens (including phenoxy) is 1. The number of fused-ring (bicyclic) bond motifs is 3. The van der Waals surface area contributed by atoms with Crippen LogP contribution in [-0.4, -0.2) is 19.2 Å². The van der Waals surface area contributed by atoms with E-state index >= 15 is 0 Å². The first-order chi connectivity index (χ1) is 14.3. The Bertz CT molecular complexity index is 982. The van der Waals surface area contributed by atoms with Gasteiger partial charge in [-0.25, -0.2) is 4.79 Å². The average Bonchev–Trinajstić information content (AvgIpc) is 3.09. The lowest BCUT2D eigenvalue weighted by molar-refractivity contribution is 0.144. The van der Waals surface area contributed by atoms with Gasteiger partial charge in [0.25, 0.3) is 0 Å². The zero-order valence-electron chi connectivity index (χ0n) is 16.0. The lowest BCUT2D eigenvalue weighted by Gasteiger charge is -2.14. The van der Waals surface area contributed by atoms with Gasteiger partial charge in [0, 0.05) is 18.3 Å². The van der Waals surface area contributed by atoms with Crippen molar-refractivity contribution in [1.29, 1.82) is 0 Å². The third-order valence-electron chi connectivity index (χ3n) is 5.15. The van der Waals surface area contributed by atoms with Gasteiger partial charge in [0.1, 0.15) is 6.61 Å². The molecular weight excluding hydrogens is 382 g/mol. The van der Waals surface area contributed by atoms with Gasteiger partial charge in [0.2, 0.25) is 0 Å². The van der Waals surface area contributed by atoms with Crippen LogP contribution in [0.3, 0.4) is 0 Å². The maximum atomic E-state index is 12.1. The molecule has 4 heteroatoms. The van der Waals surface area contributed by atoms with Crippen LogP contribution in [0, 0.1) is 0 Å². The number of alkyl carbamates (subject to hydrolysis) is 1. The van der Waals surface area contributed by atoms with E-state index < -0.39 is 6.09 Å². The molecule has 1 aliphatic rings. The second-order valence-electron chi connectivity index (χ2n) is 6.98. The van der Waals surface area contributed by atoms with Crippen molar-refractivity contribution in [3.8, 4) is 11.1 Å². The molecule has 0 aromatic heterocycles. The van der Waals surface area contributed by atoms with Crippen LogP contribution < -0.4 is 5.32 Å². The van der Waals surface area contributed by atoms with Crippen molar-refractivity contribution in [3.63, 3.8) is 0 Å². The SMILES string of the molecule is O=C(NCC=Cc1ccc(CCl)cc1)OCC1c2ccccc2-c2ccccc21. The van der Waals surface area contributed by atoms with Crippen molar-refractivity contribution >= 4 is 23.8 Å². The van der Waals surface area contributed by atoms with Crippen LogP contribution in [0.2, 0.25) is 0 Å². The molecule has 0 heterocycles. The van der Waals surface area contributed by atoms with Gasteiger partial charge in [-0.2, -0.15) is 0 Å². The molecule has 0 bridgehead atoms. The number of alkyl halides is 1. The van der Waals surface area contributed by atoms with Crippen LogP contribution >= 0.6 is 11.6 Å². The highest BCUT2D eigenvalue weighted by Crippen LogP contribution is 2.44. The summed E-state index contributed by atoms with van der Waals surface area (Å²) in [5.74, 6) is 0.581. The summed E-state index contributed by atoms with van der Waals surface area (Å²) in [7, 11) is 0. The number of rotatable bonds is 6. The topological polar surface area (TPSA) is 38.3 Å². The molecule has 29 heavy (non-hydrogen) atoms. The van der Waals surface area contributed by atoms with Crippen LogP contribution in [0.5, 0.6) is 0 Å². The second kappa shape index (κ2) is 8.97. The van der Waals surface area contributed by atoms with Gasteiger partial charge in [-0.15, -0.1) is 11.6 Å². The van der Waals surface area contributed by atoms with Crippen LogP contribution in [-0.2, 0) is 10.6 Å².